The molecule has 2 aromatic rings. The quantitative estimate of drug-likeness (QED) is 0.665. The van der Waals surface area contributed by atoms with Gasteiger partial charge in [-0.3, -0.25) is 9.59 Å². The Kier molecular flexibility index (Phi) is 3.19. The molecule has 0 saturated carbocycles. The number of ketones is 1. The lowest BCUT2D eigenvalue weighted by atomic mass is 10.0. The summed E-state index contributed by atoms with van der Waals surface area (Å²) in [4.78, 5) is 26.4. The lowest BCUT2D eigenvalue weighted by molar-refractivity contribution is 0.100. The van der Waals surface area contributed by atoms with Crippen LogP contribution in [0.15, 0.2) is 22.8 Å². The van der Waals surface area contributed by atoms with Gasteiger partial charge in [0.05, 0.1) is 12.0 Å². The Balaban J connectivity index is 2.53. The number of hydrogen-bond donors (Lipinski definition) is 1. The van der Waals surface area contributed by atoms with Crippen LogP contribution in [-0.4, -0.2) is 17.1 Å². The number of hydrogen-bond acceptors (Lipinski definition) is 3. The van der Waals surface area contributed by atoms with E-state index < -0.39 is 0 Å². The van der Waals surface area contributed by atoms with E-state index in [9.17, 15) is 9.59 Å². The van der Waals surface area contributed by atoms with Gasteiger partial charge in [-0.2, -0.15) is 0 Å². The Bertz CT molecular complexity index is 576. The van der Waals surface area contributed by atoms with Crippen LogP contribution in [0, 0.1) is 6.92 Å². The van der Waals surface area contributed by atoms with E-state index >= 15 is 0 Å². The summed E-state index contributed by atoms with van der Waals surface area (Å²) in [5, 5.41) is 0. The van der Waals surface area contributed by atoms with E-state index in [4.69, 9.17) is 4.42 Å². The van der Waals surface area contributed by atoms with Gasteiger partial charge < -0.3 is 9.40 Å². The first-order chi connectivity index (χ1) is 8.56. The van der Waals surface area contributed by atoms with Crippen molar-refractivity contribution in [1.29, 1.82) is 0 Å². The molecule has 0 radical (unpaired) electrons. The van der Waals surface area contributed by atoms with Crippen LogP contribution in [0.3, 0.4) is 0 Å². The van der Waals surface area contributed by atoms with Crippen LogP contribution in [0.1, 0.15) is 57.6 Å². The summed E-state index contributed by atoms with van der Waals surface area (Å²) >= 11 is 0. The zero-order chi connectivity index (χ0) is 13.3. The maximum Gasteiger partial charge on any atom is 0.244 e. The second kappa shape index (κ2) is 4.64. The van der Waals surface area contributed by atoms with E-state index in [1.165, 1.54) is 6.26 Å². The summed E-state index contributed by atoms with van der Waals surface area (Å²) in [5.41, 5.74) is 2.46. The predicted molar refractivity (Wildman–Crippen MR) is 67.1 cm³/mol. The fraction of sp³-hybridized carbons (Fsp3) is 0.286. The zero-order valence-corrected chi connectivity index (χ0v) is 10.6. The van der Waals surface area contributed by atoms with Crippen LogP contribution in [0.4, 0.5) is 0 Å². The number of aldehydes is 1. The molecule has 18 heavy (non-hydrogen) atoms. The van der Waals surface area contributed by atoms with Gasteiger partial charge in [-0.1, -0.05) is 13.8 Å². The molecule has 2 rings (SSSR count). The Morgan fingerprint density at radius 3 is 2.61 bits per heavy atom. The molecule has 0 aliphatic heterocycles. The molecule has 1 N–H and O–H groups in total. The minimum atomic E-state index is -0.229. The minimum Gasteiger partial charge on any atom is -0.461 e. The van der Waals surface area contributed by atoms with Crippen molar-refractivity contribution in [3.8, 4) is 0 Å². The molecule has 4 heteroatoms. The van der Waals surface area contributed by atoms with Gasteiger partial charge >= 0.3 is 0 Å². The van der Waals surface area contributed by atoms with E-state index in [1.54, 1.807) is 19.1 Å². The molecule has 0 spiro atoms. The number of carbonyl (C=O) groups is 2. The molecule has 0 atom stereocenters. The Labute approximate surface area is 105 Å². The summed E-state index contributed by atoms with van der Waals surface area (Å²) in [6.07, 6.45) is 2.25. The highest BCUT2D eigenvalue weighted by molar-refractivity contribution is 6.08. The molecule has 0 saturated heterocycles. The summed E-state index contributed by atoms with van der Waals surface area (Å²) < 4.78 is 5.09. The third-order valence-electron chi connectivity index (χ3n) is 3.00. The standard InChI is InChI=1S/C14H15NO3/c1-8(2)12-10(7-16)9(3)13(15-12)14(17)11-5-4-6-18-11/h4-8,15H,1-3H3. The largest absolute Gasteiger partial charge is 0.461 e. The molecular formula is C14H15NO3. The monoisotopic (exact) mass is 245 g/mol. The van der Waals surface area contributed by atoms with Gasteiger partial charge in [0.25, 0.3) is 0 Å². The second-order valence-corrected chi connectivity index (χ2v) is 4.53. The van der Waals surface area contributed by atoms with Crippen molar-refractivity contribution in [2.24, 2.45) is 0 Å². The molecule has 2 aromatic heterocycles. The van der Waals surface area contributed by atoms with Crippen LogP contribution in [0.25, 0.3) is 0 Å². The number of aromatic amines is 1. The topological polar surface area (TPSA) is 63.1 Å². The van der Waals surface area contributed by atoms with Gasteiger partial charge in [0, 0.05) is 11.3 Å². The normalized spacial score (nSPS) is 10.9. The van der Waals surface area contributed by atoms with Gasteiger partial charge in [0.2, 0.25) is 5.78 Å². The molecule has 0 fully saturated rings. The van der Waals surface area contributed by atoms with E-state index in [0.717, 1.165) is 12.0 Å². The Morgan fingerprint density at radius 2 is 2.17 bits per heavy atom. The number of H-pyrrole nitrogens is 1. The molecular weight excluding hydrogens is 230 g/mol. The van der Waals surface area contributed by atoms with Crippen molar-refractivity contribution in [2.45, 2.75) is 26.7 Å². The smallest absolute Gasteiger partial charge is 0.244 e. The van der Waals surface area contributed by atoms with E-state index in [2.05, 4.69) is 4.98 Å². The Hall–Kier alpha value is -2.10. The molecule has 0 aliphatic carbocycles. The zero-order valence-electron chi connectivity index (χ0n) is 10.6. The van der Waals surface area contributed by atoms with Gasteiger partial charge in [-0.25, -0.2) is 0 Å². The number of furan rings is 1. The minimum absolute atomic E-state index is 0.155. The first-order valence-electron chi connectivity index (χ1n) is 5.82. The summed E-state index contributed by atoms with van der Waals surface area (Å²) in [5.74, 6) is 0.196. The number of nitrogens with one attached hydrogen (secondary N) is 1. The average molecular weight is 245 g/mol. The van der Waals surface area contributed by atoms with E-state index in [1.807, 2.05) is 13.8 Å². The van der Waals surface area contributed by atoms with Crippen LogP contribution >= 0.6 is 0 Å². The number of aromatic nitrogens is 1. The number of carbonyl (C=O) groups excluding carboxylic acids is 2. The lowest BCUT2D eigenvalue weighted by Gasteiger charge is -2.02. The van der Waals surface area contributed by atoms with Crippen LogP contribution in [-0.2, 0) is 0 Å². The molecule has 0 amide bonds. The van der Waals surface area contributed by atoms with Gasteiger partial charge in [-0.05, 0) is 30.5 Å². The van der Waals surface area contributed by atoms with Crippen molar-refractivity contribution >= 4 is 12.1 Å². The fourth-order valence-corrected chi connectivity index (χ4v) is 2.00. The van der Waals surface area contributed by atoms with Crippen LogP contribution < -0.4 is 0 Å². The van der Waals surface area contributed by atoms with E-state index in [0.29, 0.717) is 16.8 Å². The van der Waals surface area contributed by atoms with Crippen molar-refractivity contribution in [3.63, 3.8) is 0 Å². The molecule has 0 aromatic carbocycles. The summed E-state index contributed by atoms with van der Waals surface area (Å²) in [7, 11) is 0. The molecule has 0 bridgehead atoms. The fourth-order valence-electron chi connectivity index (χ4n) is 2.00. The predicted octanol–water partition coefficient (Wildman–Crippen LogP) is 3.08. The first-order valence-corrected chi connectivity index (χ1v) is 5.82. The Morgan fingerprint density at radius 1 is 1.44 bits per heavy atom. The highest BCUT2D eigenvalue weighted by atomic mass is 16.3. The molecule has 0 aliphatic rings. The van der Waals surface area contributed by atoms with Crippen molar-refractivity contribution in [1.82, 2.24) is 4.98 Å². The summed E-state index contributed by atoms with van der Waals surface area (Å²) in [6.45, 7) is 5.71. The maximum absolute atomic E-state index is 12.2. The van der Waals surface area contributed by atoms with Gasteiger partial charge in [0.15, 0.2) is 12.0 Å². The molecule has 0 unspecified atom stereocenters. The van der Waals surface area contributed by atoms with Crippen molar-refractivity contribution in [3.05, 3.63) is 46.7 Å². The molecule has 94 valence electrons. The number of rotatable bonds is 4. The molecule has 4 nitrogen and oxygen atoms in total. The third-order valence-corrected chi connectivity index (χ3v) is 3.00. The second-order valence-electron chi connectivity index (χ2n) is 4.53. The SMILES string of the molecule is Cc1c(C(=O)c2ccco2)[nH]c(C(C)C)c1C=O. The van der Waals surface area contributed by atoms with Crippen molar-refractivity contribution < 1.29 is 14.0 Å². The average Bonchev–Trinajstić information content (AvgIpc) is 2.95. The van der Waals surface area contributed by atoms with Crippen LogP contribution in [0.2, 0.25) is 0 Å². The lowest BCUT2D eigenvalue weighted by Crippen LogP contribution is -2.02. The van der Waals surface area contributed by atoms with Crippen LogP contribution in [0.5, 0.6) is 0 Å². The first kappa shape index (κ1) is 12.4. The van der Waals surface area contributed by atoms with Gasteiger partial charge in [-0.15, -0.1) is 0 Å². The van der Waals surface area contributed by atoms with Gasteiger partial charge in [0.1, 0.15) is 0 Å². The highest BCUT2D eigenvalue weighted by Crippen LogP contribution is 2.25. The third kappa shape index (κ3) is 1.90. The highest BCUT2D eigenvalue weighted by Gasteiger charge is 2.22. The molecule has 2 heterocycles. The van der Waals surface area contributed by atoms with Crippen molar-refractivity contribution in [2.75, 3.05) is 0 Å². The maximum atomic E-state index is 12.2. The summed E-state index contributed by atoms with van der Waals surface area (Å²) in [6, 6.07) is 3.27. The van der Waals surface area contributed by atoms with E-state index in [-0.39, 0.29) is 17.5 Å².